The molecular formula is C33H35F3N6O3. The lowest BCUT2D eigenvalue weighted by Gasteiger charge is -2.32. The maximum atomic E-state index is 17.0. The number of benzene rings is 1. The van der Waals surface area contributed by atoms with E-state index in [0.717, 1.165) is 19.4 Å². The van der Waals surface area contributed by atoms with Crippen molar-refractivity contribution in [2.75, 3.05) is 56.7 Å². The molecule has 3 saturated heterocycles. The molecule has 0 saturated carbocycles. The molecule has 9 nitrogen and oxygen atoms in total. The molecule has 2 N–H and O–H groups in total. The van der Waals surface area contributed by atoms with Crippen LogP contribution in [0, 0.1) is 11.6 Å². The number of hydrogen-bond acceptors (Lipinski definition) is 9. The van der Waals surface area contributed by atoms with Crippen molar-refractivity contribution in [3.05, 3.63) is 41.5 Å². The van der Waals surface area contributed by atoms with Gasteiger partial charge in [0.1, 0.15) is 47.9 Å². The summed E-state index contributed by atoms with van der Waals surface area (Å²) in [5, 5.41) is 1.50. The van der Waals surface area contributed by atoms with Crippen molar-refractivity contribution in [1.29, 1.82) is 0 Å². The van der Waals surface area contributed by atoms with Crippen LogP contribution in [0.2, 0.25) is 0 Å². The Balaban J connectivity index is 1.33. The van der Waals surface area contributed by atoms with Gasteiger partial charge in [-0.3, -0.25) is 4.90 Å². The average Bonchev–Trinajstić information content (AvgIpc) is 3.38. The van der Waals surface area contributed by atoms with E-state index >= 15 is 8.78 Å². The van der Waals surface area contributed by atoms with E-state index in [1.54, 1.807) is 12.1 Å². The van der Waals surface area contributed by atoms with Gasteiger partial charge in [-0.25, -0.2) is 28.1 Å². The highest BCUT2D eigenvalue weighted by Gasteiger charge is 2.49. The highest BCUT2D eigenvalue weighted by Crippen LogP contribution is 2.45. The number of aromatic nitrogens is 3. The minimum atomic E-state index is -0.898. The summed E-state index contributed by atoms with van der Waals surface area (Å²) in [6, 6.07) is 6.40. The van der Waals surface area contributed by atoms with Gasteiger partial charge in [0.05, 0.1) is 29.3 Å². The van der Waals surface area contributed by atoms with Gasteiger partial charge in [-0.15, -0.1) is 0 Å². The predicted octanol–water partition coefficient (Wildman–Crippen LogP) is 5.21. The molecule has 0 unspecified atom stereocenters. The summed E-state index contributed by atoms with van der Waals surface area (Å²) >= 11 is 0. The average molecular weight is 621 g/mol. The fourth-order valence-electron chi connectivity index (χ4n) is 7.84. The number of nitrogen functional groups attached to an aromatic ring is 1. The van der Waals surface area contributed by atoms with Crippen molar-refractivity contribution in [2.45, 2.75) is 56.8 Å². The summed E-state index contributed by atoms with van der Waals surface area (Å²) in [6.45, 7) is 5.26. The first-order chi connectivity index (χ1) is 21.8. The molecule has 4 aliphatic rings. The third-order valence-electron chi connectivity index (χ3n) is 9.95. The molecule has 0 amide bonds. The molecule has 0 bridgehead atoms. The second-order valence-corrected chi connectivity index (χ2v) is 12.6. The first kappa shape index (κ1) is 28.6. The molecule has 45 heavy (non-hydrogen) atoms. The number of anilines is 2. The number of alkyl halides is 1. The van der Waals surface area contributed by atoms with E-state index in [4.69, 9.17) is 29.9 Å². The minimum Gasteiger partial charge on any atom is -0.476 e. The van der Waals surface area contributed by atoms with Gasteiger partial charge in [0.2, 0.25) is 11.8 Å². The zero-order valence-corrected chi connectivity index (χ0v) is 25.1. The number of nitrogens with zero attached hydrogens (tertiary/aromatic N) is 5. The summed E-state index contributed by atoms with van der Waals surface area (Å²) in [6.07, 6.45) is 2.39. The van der Waals surface area contributed by atoms with E-state index in [-0.39, 0.29) is 47.1 Å². The van der Waals surface area contributed by atoms with Crippen LogP contribution in [0.3, 0.4) is 0 Å². The Labute approximate surface area is 258 Å². The van der Waals surface area contributed by atoms with E-state index in [1.165, 1.54) is 6.07 Å². The van der Waals surface area contributed by atoms with Crippen molar-refractivity contribution in [3.63, 3.8) is 0 Å². The Morgan fingerprint density at radius 1 is 1.09 bits per heavy atom. The molecule has 4 aromatic rings. The molecule has 4 aliphatic heterocycles. The van der Waals surface area contributed by atoms with Crippen LogP contribution in [-0.4, -0.2) is 83.7 Å². The Bertz CT molecular complexity index is 1820. The van der Waals surface area contributed by atoms with Gasteiger partial charge in [-0.1, -0.05) is 13.0 Å². The highest BCUT2D eigenvalue weighted by molar-refractivity contribution is 6.03. The van der Waals surface area contributed by atoms with E-state index < -0.39 is 23.3 Å². The first-order valence-electron chi connectivity index (χ1n) is 15.8. The Kier molecular flexibility index (Phi) is 6.90. The van der Waals surface area contributed by atoms with Gasteiger partial charge in [0.25, 0.3) is 0 Å². The van der Waals surface area contributed by atoms with Crippen molar-refractivity contribution < 1.29 is 27.4 Å². The number of rotatable bonds is 5. The molecule has 0 radical (unpaired) electrons. The molecule has 3 atom stereocenters. The first-order valence-corrected chi connectivity index (χ1v) is 15.8. The number of aryl methyl sites for hydroxylation is 1. The summed E-state index contributed by atoms with van der Waals surface area (Å²) in [4.78, 5) is 18.2. The number of pyridine rings is 3. The molecule has 1 aromatic carbocycles. The lowest BCUT2D eigenvalue weighted by Crippen LogP contribution is -2.43. The standard InChI is InChI=1S/C33H35F3N6O3/c1-2-21-22(35)5-4-18-12-24(37)38-30(26(18)21)31-28(36)29-27-23(42-9-11-43-10-6-20(42)16-44-32(27)40-31)13-25(39-29)45-17-33-7-3-8-41(33)15-19(34)14-33/h4-5,12-13,19-20H,2-3,6-11,14-17H2,1H3,(H2,37,38)/t19-,20+,33+/m1/s1. The Morgan fingerprint density at radius 2 is 1.98 bits per heavy atom. The van der Waals surface area contributed by atoms with Gasteiger partial charge in [0, 0.05) is 37.6 Å². The molecule has 0 aliphatic carbocycles. The number of nitrogens with two attached hydrogens (primary N) is 1. The monoisotopic (exact) mass is 620 g/mol. The molecule has 3 fully saturated rings. The fourth-order valence-corrected chi connectivity index (χ4v) is 7.84. The van der Waals surface area contributed by atoms with Crippen LogP contribution in [0.5, 0.6) is 11.8 Å². The zero-order valence-electron chi connectivity index (χ0n) is 25.1. The van der Waals surface area contributed by atoms with Gasteiger partial charge >= 0.3 is 0 Å². The van der Waals surface area contributed by atoms with Crippen LogP contribution in [0.15, 0.2) is 24.3 Å². The number of halogens is 3. The molecule has 3 aromatic heterocycles. The van der Waals surface area contributed by atoms with Crippen LogP contribution in [0.4, 0.5) is 24.7 Å². The molecule has 12 heteroatoms. The molecule has 8 rings (SSSR count). The summed E-state index contributed by atoms with van der Waals surface area (Å²) in [7, 11) is 0. The van der Waals surface area contributed by atoms with Crippen molar-refractivity contribution in [1.82, 2.24) is 19.9 Å². The van der Waals surface area contributed by atoms with Gasteiger partial charge in [-0.05, 0) is 55.3 Å². The normalized spacial score (nSPS) is 24.8. The topological polar surface area (TPSA) is 98.9 Å². The van der Waals surface area contributed by atoms with E-state index in [0.29, 0.717) is 79.6 Å². The second-order valence-electron chi connectivity index (χ2n) is 12.6. The Hall–Kier alpha value is -3.90. The van der Waals surface area contributed by atoms with E-state index in [2.05, 4.69) is 14.8 Å². The largest absolute Gasteiger partial charge is 0.476 e. The summed E-state index contributed by atoms with van der Waals surface area (Å²) < 4.78 is 65.0. The summed E-state index contributed by atoms with van der Waals surface area (Å²) in [5.74, 6) is -0.541. The molecule has 0 spiro atoms. The fraction of sp³-hybridized carbons (Fsp3) is 0.485. The third kappa shape index (κ3) is 4.63. The number of hydrogen-bond donors (Lipinski definition) is 1. The van der Waals surface area contributed by atoms with Crippen LogP contribution in [-0.2, 0) is 11.2 Å². The molecular weight excluding hydrogens is 585 g/mol. The van der Waals surface area contributed by atoms with Gasteiger partial charge in [0.15, 0.2) is 5.82 Å². The zero-order chi connectivity index (χ0) is 30.9. The van der Waals surface area contributed by atoms with Crippen molar-refractivity contribution >= 4 is 33.2 Å². The van der Waals surface area contributed by atoms with Crippen molar-refractivity contribution in [2.24, 2.45) is 0 Å². The maximum Gasteiger partial charge on any atom is 0.226 e. The highest BCUT2D eigenvalue weighted by atomic mass is 19.1. The number of fused-ring (bicyclic) bond motifs is 4. The van der Waals surface area contributed by atoms with Crippen molar-refractivity contribution in [3.8, 4) is 23.1 Å². The molecule has 236 valence electrons. The quantitative estimate of drug-likeness (QED) is 0.322. The third-order valence-corrected chi connectivity index (χ3v) is 9.95. The smallest absolute Gasteiger partial charge is 0.226 e. The van der Waals surface area contributed by atoms with Crippen LogP contribution in [0.25, 0.3) is 33.1 Å². The lowest BCUT2D eigenvalue weighted by atomic mass is 9.95. The van der Waals surface area contributed by atoms with Gasteiger partial charge < -0.3 is 24.8 Å². The second kappa shape index (κ2) is 10.9. The van der Waals surface area contributed by atoms with Crippen LogP contribution < -0.4 is 20.1 Å². The summed E-state index contributed by atoms with van der Waals surface area (Å²) in [5.41, 5.74) is 6.89. The Morgan fingerprint density at radius 3 is 2.84 bits per heavy atom. The minimum absolute atomic E-state index is 0.00992. The van der Waals surface area contributed by atoms with Crippen LogP contribution in [0.1, 0.15) is 38.2 Å². The molecule has 7 heterocycles. The van der Waals surface area contributed by atoms with E-state index in [1.807, 2.05) is 13.0 Å². The van der Waals surface area contributed by atoms with Gasteiger partial charge in [-0.2, -0.15) is 0 Å². The van der Waals surface area contributed by atoms with Crippen LogP contribution >= 0.6 is 0 Å². The number of ether oxygens (including phenoxy) is 3. The lowest BCUT2D eigenvalue weighted by molar-refractivity contribution is 0.111. The maximum absolute atomic E-state index is 17.0. The SMILES string of the molecule is CCc1c(F)ccc2cc(N)nc(-c3nc4c5c(cc(OC[C@@]67CCCN6C[C@H](F)C7)nc5c3F)N3CCOCC[C@H]3CO4)c12. The predicted molar refractivity (Wildman–Crippen MR) is 165 cm³/mol. The van der Waals surface area contributed by atoms with E-state index in [9.17, 15) is 4.39 Å².